The van der Waals surface area contributed by atoms with Crippen molar-refractivity contribution in [1.82, 2.24) is 10.3 Å². The molecule has 0 aliphatic heterocycles. The van der Waals surface area contributed by atoms with Gasteiger partial charge in [-0.3, -0.25) is 0 Å². The van der Waals surface area contributed by atoms with E-state index >= 15 is 0 Å². The average Bonchev–Trinajstić information content (AvgIpc) is 2.74. The fourth-order valence-corrected chi connectivity index (χ4v) is 2.86. The van der Waals surface area contributed by atoms with Gasteiger partial charge in [0.15, 0.2) is 5.11 Å². The summed E-state index contributed by atoms with van der Waals surface area (Å²) < 4.78 is 5.21. The van der Waals surface area contributed by atoms with Crippen molar-refractivity contribution in [3.8, 4) is 11.8 Å². The highest BCUT2D eigenvalue weighted by atomic mass is 32.1. The highest BCUT2D eigenvalue weighted by molar-refractivity contribution is 7.80. The second kappa shape index (κ2) is 9.49. The molecule has 28 heavy (non-hydrogen) atoms. The zero-order chi connectivity index (χ0) is 19.8. The molecule has 1 heterocycles. The normalized spacial score (nSPS) is 10.0. The summed E-state index contributed by atoms with van der Waals surface area (Å²) in [6.07, 6.45) is 2.47. The third-order valence-electron chi connectivity index (χ3n) is 4.21. The van der Waals surface area contributed by atoms with Crippen LogP contribution in [-0.2, 0) is 13.0 Å². The van der Waals surface area contributed by atoms with E-state index in [0.29, 0.717) is 17.2 Å². The molecule has 2 aromatic carbocycles. The maximum atomic E-state index is 8.86. The number of nitrogens with one attached hydrogen (secondary N) is 2. The summed E-state index contributed by atoms with van der Waals surface area (Å²) >= 11 is 5.41. The van der Waals surface area contributed by atoms with E-state index in [1.165, 1.54) is 0 Å². The lowest BCUT2D eigenvalue weighted by atomic mass is 10.1. The molecule has 140 valence electrons. The van der Waals surface area contributed by atoms with E-state index in [4.69, 9.17) is 22.2 Å². The summed E-state index contributed by atoms with van der Waals surface area (Å²) in [7, 11) is 1.66. The highest BCUT2D eigenvalue weighted by Gasteiger charge is 2.07. The SMILES string of the molecule is COc1ccc(Cc2cccnc2NC(=S)NCc2ccc(C#N)cc2)cc1. The Morgan fingerprint density at radius 2 is 1.79 bits per heavy atom. The number of hydrogen-bond acceptors (Lipinski definition) is 4. The van der Waals surface area contributed by atoms with Gasteiger partial charge in [-0.2, -0.15) is 5.26 Å². The van der Waals surface area contributed by atoms with Crippen LogP contribution in [0.2, 0.25) is 0 Å². The molecule has 1 aromatic heterocycles. The minimum atomic E-state index is 0.499. The standard InChI is InChI=1S/C22H20N4OS/c1-27-20-10-8-16(9-11-20)13-19-3-2-12-24-21(19)26-22(28)25-15-18-6-4-17(14-23)5-7-18/h2-12H,13,15H2,1H3,(H2,24,25,26,28). The Bertz CT molecular complexity index is 979. The van der Waals surface area contributed by atoms with Gasteiger partial charge >= 0.3 is 0 Å². The lowest BCUT2D eigenvalue weighted by molar-refractivity contribution is 0.414. The average molecular weight is 388 g/mol. The first-order chi connectivity index (χ1) is 13.7. The van der Waals surface area contributed by atoms with Crippen LogP contribution in [0, 0.1) is 11.3 Å². The Morgan fingerprint density at radius 1 is 1.07 bits per heavy atom. The number of ether oxygens (including phenoxy) is 1. The van der Waals surface area contributed by atoms with Crippen molar-refractivity contribution in [3.05, 3.63) is 89.1 Å². The molecule has 0 amide bonds. The van der Waals surface area contributed by atoms with Gasteiger partial charge in [0.25, 0.3) is 0 Å². The van der Waals surface area contributed by atoms with Gasteiger partial charge in [-0.1, -0.05) is 30.3 Å². The molecule has 6 heteroatoms. The smallest absolute Gasteiger partial charge is 0.172 e. The van der Waals surface area contributed by atoms with Crippen molar-refractivity contribution in [2.45, 2.75) is 13.0 Å². The number of pyridine rings is 1. The Hall–Kier alpha value is -3.43. The van der Waals surface area contributed by atoms with Gasteiger partial charge in [0.2, 0.25) is 0 Å². The number of nitrogens with zero attached hydrogens (tertiary/aromatic N) is 2. The molecule has 2 N–H and O–H groups in total. The van der Waals surface area contributed by atoms with Crippen molar-refractivity contribution < 1.29 is 4.74 Å². The number of rotatable bonds is 6. The lowest BCUT2D eigenvalue weighted by Crippen LogP contribution is -2.28. The van der Waals surface area contributed by atoms with E-state index in [1.807, 2.05) is 48.5 Å². The van der Waals surface area contributed by atoms with E-state index < -0.39 is 0 Å². The Balaban J connectivity index is 1.61. The van der Waals surface area contributed by atoms with Gasteiger partial charge in [-0.05, 0) is 59.2 Å². The predicted molar refractivity (Wildman–Crippen MR) is 114 cm³/mol. The highest BCUT2D eigenvalue weighted by Crippen LogP contribution is 2.19. The molecule has 0 bridgehead atoms. The fraction of sp³-hybridized carbons (Fsp3) is 0.136. The number of hydrogen-bond donors (Lipinski definition) is 2. The molecule has 0 radical (unpaired) electrons. The van der Waals surface area contributed by atoms with Gasteiger partial charge in [0, 0.05) is 19.2 Å². The number of aromatic nitrogens is 1. The summed E-state index contributed by atoms with van der Waals surface area (Å²) in [5.74, 6) is 1.57. The van der Waals surface area contributed by atoms with Crippen LogP contribution in [0.4, 0.5) is 5.82 Å². The van der Waals surface area contributed by atoms with Crippen LogP contribution < -0.4 is 15.4 Å². The number of thiocarbonyl (C=S) groups is 1. The lowest BCUT2D eigenvalue weighted by Gasteiger charge is -2.13. The predicted octanol–water partition coefficient (Wildman–Crippen LogP) is 4.04. The fourth-order valence-electron chi connectivity index (χ4n) is 2.69. The van der Waals surface area contributed by atoms with Crippen LogP contribution in [0.3, 0.4) is 0 Å². The summed E-state index contributed by atoms with van der Waals surface area (Å²) in [6.45, 7) is 0.568. The molecule has 0 unspecified atom stereocenters. The van der Waals surface area contributed by atoms with Crippen molar-refractivity contribution in [2.75, 3.05) is 12.4 Å². The van der Waals surface area contributed by atoms with Crippen LogP contribution in [-0.4, -0.2) is 17.2 Å². The van der Waals surface area contributed by atoms with Crippen LogP contribution in [0.25, 0.3) is 0 Å². The summed E-state index contributed by atoms with van der Waals surface area (Å²) in [5, 5.41) is 15.7. The molecular formula is C22H20N4OS. The van der Waals surface area contributed by atoms with Gasteiger partial charge in [-0.25, -0.2) is 4.98 Å². The van der Waals surface area contributed by atoms with Crippen LogP contribution in [0.15, 0.2) is 66.9 Å². The van der Waals surface area contributed by atoms with Gasteiger partial charge < -0.3 is 15.4 Å². The van der Waals surface area contributed by atoms with E-state index in [2.05, 4.69) is 21.7 Å². The first-order valence-corrected chi connectivity index (χ1v) is 9.19. The minimum Gasteiger partial charge on any atom is -0.497 e. The second-order valence-corrected chi connectivity index (χ2v) is 6.56. The monoisotopic (exact) mass is 388 g/mol. The van der Waals surface area contributed by atoms with Gasteiger partial charge in [0.1, 0.15) is 11.6 Å². The van der Waals surface area contributed by atoms with E-state index in [-0.39, 0.29) is 0 Å². The second-order valence-electron chi connectivity index (χ2n) is 6.15. The largest absolute Gasteiger partial charge is 0.497 e. The molecule has 3 rings (SSSR count). The van der Waals surface area contributed by atoms with E-state index in [9.17, 15) is 0 Å². The maximum Gasteiger partial charge on any atom is 0.172 e. The van der Waals surface area contributed by atoms with Crippen LogP contribution in [0.1, 0.15) is 22.3 Å². The summed E-state index contributed by atoms with van der Waals surface area (Å²) in [5.41, 5.74) is 3.90. The quantitative estimate of drug-likeness (QED) is 0.621. The first kappa shape index (κ1) is 19.3. The van der Waals surface area contributed by atoms with Gasteiger partial charge in [0.05, 0.1) is 18.7 Å². The number of benzene rings is 2. The zero-order valence-electron chi connectivity index (χ0n) is 15.5. The Labute approximate surface area is 170 Å². The van der Waals surface area contributed by atoms with Crippen molar-refractivity contribution in [2.24, 2.45) is 0 Å². The minimum absolute atomic E-state index is 0.499. The molecule has 0 spiro atoms. The summed E-state index contributed by atoms with van der Waals surface area (Å²) in [4.78, 5) is 4.43. The number of methoxy groups -OCH3 is 1. The molecule has 0 aliphatic rings. The first-order valence-electron chi connectivity index (χ1n) is 8.78. The molecule has 0 saturated carbocycles. The van der Waals surface area contributed by atoms with Crippen molar-refractivity contribution in [1.29, 1.82) is 5.26 Å². The van der Waals surface area contributed by atoms with Crippen molar-refractivity contribution in [3.63, 3.8) is 0 Å². The molecule has 3 aromatic rings. The number of anilines is 1. The summed E-state index contributed by atoms with van der Waals surface area (Å²) in [6, 6.07) is 21.4. The number of nitriles is 1. The molecule has 0 aliphatic carbocycles. The molecule has 0 saturated heterocycles. The molecule has 0 atom stereocenters. The maximum absolute atomic E-state index is 8.86. The van der Waals surface area contributed by atoms with Crippen LogP contribution >= 0.6 is 12.2 Å². The Morgan fingerprint density at radius 3 is 2.46 bits per heavy atom. The molecule has 5 nitrogen and oxygen atoms in total. The van der Waals surface area contributed by atoms with Crippen LogP contribution in [0.5, 0.6) is 5.75 Å². The third kappa shape index (κ3) is 5.29. The van der Waals surface area contributed by atoms with E-state index in [1.54, 1.807) is 25.4 Å². The molecular weight excluding hydrogens is 368 g/mol. The topological polar surface area (TPSA) is 70.0 Å². The van der Waals surface area contributed by atoms with Crippen molar-refractivity contribution >= 4 is 23.1 Å². The Kier molecular flexibility index (Phi) is 6.55. The molecule has 0 fully saturated rings. The van der Waals surface area contributed by atoms with E-state index in [0.717, 1.165) is 34.7 Å². The third-order valence-corrected chi connectivity index (χ3v) is 4.46. The van der Waals surface area contributed by atoms with Gasteiger partial charge in [-0.15, -0.1) is 0 Å². The zero-order valence-corrected chi connectivity index (χ0v) is 16.3.